The number of amides is 1. The van der Waals surface area contributed by atoms with E-state index in [-0.39, 0.29) is 24.5 Å². The molecular formula is C26H29F3N2O2. The van der Waals surface area contributed by atoms with Gasteiger partial charge >= 0.3 is 6.18 Å². The average Bonchev–Trinajstić information content (AvgIpc) is 3.10. The minimum Gasteiger partial charge on any atom is -0.395 e. The van der Waals surface area contributed by atoms with Crippen molar-refractivity contribution in [3.8, 4) is 11.1 Å². The number of rotatable bonds is 4. The smallest absolute Gasteiger partial charge is 0.395 e. The van der Waals surface area contributed by atoms with E-state index in [1.807, 2.05) is 6.07 Å². The predicted molar refractivity (Wildman–Crippen MR) is 120 cm³/mol. The molecule has 0 spiro atoms. The summed E-state index contributed by atoms with van der Waals surface area (Å²) < 4.78 is 38.8. The molecule has 0 radical (unpaired) electrons. The highest BCUT2D eigenvalue weighted by Gasteiger charge is 2.42. The number of likely N-dealkylation sites (tertiary alicyclic amines) is 2. The second kappa shape index (κ2) is 8.76. The maximum Gasteiger partial charge on any atom is 0.416 e. The van der Waals surface area contributed by atoms with Crippen molar-refractivity contribution in [2.45, 2.75) is 43.8 Å². The third kappa shape index (κ3) is 4.28. The lowest BCUT2D eigenvalue weighted by molar-refractivity contribution is -0.141. The molecule has 1 aliphatic carbocycles. The van der Waals surface area contributed by atoms with Gasteiger partial charge in [0.1, 0.15) is 0 Å². The van der Waals surface area contributed by atoms with E-state index in [0.717, 1.165) is 74.1 Å². The van der Waals surface area contributed by atoms with Gasteiger partial charge in [-0.15, -0.1) is 0 Å². The number of nitrogens with zero attached hydrogens (tertiary/aromatic N) is 2. The predicted octanol–water partition coefficient (Wildman–Crippen LogP) is 4.84. The van der Waals surface area contributed by atoms with Gasteiger partial charge in [-0.25, -0.2) is 0 Å². The van der Waals surface area contributed by atoms with Crippen LogP contribution in [0.25, 0.3) is 11.1 Å². The van der Waals surface area contributed by atoms with Gasteiger partial charge in [0, 0.05) is 19.0 Å². The number of halogens is 3. The molecule has 2 aliphatic heterocycles. The Kier molecular flexibility index (Phi) is 5.95. The average molecular weight is 459 g/mol. The lowest BCUT2D eigenvalue weighted by atomic mass is 9.91. The standard InChI is InChI=1S/C26H29F3N2O2/c27-26(28,29)21-4-1-17(2-5-21)19-3-6-22-20-9-12-31(24(16-20)23(22)15-19)25(33)18-7-10-30(11-8-18)13-14-32/h1-6,15,18,20,24,32H,7-14,16H2/t20-,24?/m1/s1. The SMILES string of the molecule is O=C(C1CCN(CCO)CC1)N1CC[C@@H]2CC1c1cc(-c3ccc(C(F)(F)F)cc3)ccc12. The highest BCUT2D eigenvalue weighted by molar-refractivity contribution is 5.80. The van der Waals surface area contributed by atoms with Crippen molar-refractivity contribution >= 4 is 5.91 Å². The van der Waals surface area contributed by atoms with E-state index < -0.39 is 11.7 Å². The largest absolute Gasteiger partial charge is 0.416 e. The highest BCUT2D eigenvalue weighted by atomic mass is 19.4. The van der Waals surface area contributed by atoms with E-state index >= 15 is 0 Å². The van der Waals surface area contributed by atoms with Crippen LogP contribution in [0.1, 0.15) is 54.3 Å². The van der Waals surface area contributed by atoms with Crippen molar-refractivity contribution < 1.29 is 23.1 Å². The second-order valence-corrected chi connectivity index (χ2v) is 9.53. The van der Waals surface area contributed by atoms with Crippen LogP contribution in [0.2, 0.25) is 0 Å². The van der Waals surface area contributed by atoms with Crippen LogP contribution in [0.5, 0.6) is 0 Å². The highest BCUT2D eigenvalue weighted by Crippen LogP contribution is 2.50. The number of carbonyl (C=O) groups is 1. The number of aliphatic hydroxyl groups is 1. The third-order valence-corrected chi connectivity index (χ3v) is 7.67. The number of aliphatic hydroxyl groups excluding tert-OH is 1. The van der Waals surface area contributed by atoms with Crippen molar-refractivity contribution in [2.24, 2.45) is 5.92 Å². The van der Waals surface area contributed by atoms with Crippen LogP contribution in [-0.4, -0.2) is 53.6 Å². The number of β-amino-alcohol motifs (C(OH)–C–C–N with tert-alkyl or cyclic N) is 1. The maximum atomic E-state index is 13.5. The van der Waals surface area contributed by atoms with Crippen LogP contribution in [0.3, 0.4) is 0 Å². The summed E-state index contributed by atoms with van der Waals surface area (Å²) in [6.07, 6.45) is -0.810. The molecule has 2 aromatic rings. The van der Waals surface area contributed by atoms with Gasteiger partial charge in [0.15, 0.2) is 0 Å². The fourth-order valence-electron chi connectivity index (χ4n) is 5.85. The Bertz CT molecular complexity index is 1010. The molecule has 2 heterocycles. The summed E-state index contributed by atoms with van der Waals surface area (Å²) in [4.78, 5) is 17.7. The Morgan fingerprint density at radius 1 is 0.939 bits per heavy atom. The molecule has 33 heavy (non-hydrogen) atoms. The zero-order valence-electron chi connectivity index (χ0n) is 18.5. The number of carbonyl (C=O) groups excluding carboxylic acids is 1. The molecule has 5 rings (SSSR count). The van der Waals surface area contributed by atoms with Crippen LogP contribution < -0.4 is 0 Å². The fraction of sp³-hybridized carbons (Fsp3) is 0.500. The summed E-state index contributed by atoms with van der Waals surface area (Å²) in [5.41, 5.74) is 3.43. The van der Waals surface area contributed by atoms with Gasteiger partial charge in [-0.3, -0.25) is 4.79 Å². The topological polar surface area (TPSA) is 43.8 Å². The number of hydrogen-bond donors (Lipinski definition) is 1. The summed E-state index contributed by atoms with van der Waals surface area (Å²) in [5, 5.41) is 9.15. The van der Waals surface area contributed by atoms with E-state index in [1.165, 1.54) is 17.7 Å². The first kappa shape index (κ1) is 22.4. The molecule has 2 atom stereocenters. The molecule has 2 aromatic carbocycles. The van der Waals surface area contributed by atoms with Crippen molar-refractivity contribution in [1.82, 2.24) is 9.80 Å². The Labute approximate surface area is 192 Å². The van der Waals surface area contributed by atoms with Crippen LogP contribution in [0, 0.1) is 5.92 Å². The molecule has 7 heteroatoms. The van der Waals surface area contributed by atoms with E-state index in [2.05, 4.69) is 21.9 Å². The first-order valence-electron chi connectivity index (χ1n) is 11.8. The number of fused-ring (bicyclic) bond motifs is 5. The van der Waals surface area contributed by atoms with Crippen molar-refractivity contribution in [3.05, 3.63) is 59.2 Å². The molecule has 176 valence electrons. The van der Waals surface area contributed by atoms with Gasteiger partial charge < -0.3 is 14.9 Å². The molecule has 1 amide bonds. The summed E-state index contributed by atoms with van der Waals surface area (Å²) in [5.74, 6) is 0.704. The van der Waals surface area contributed by atoms with Gasteiger partial charge in [-0.1, -0.05) is 24.3 Å². The van der Waals surface area contributed by atoms with Crippen LogP contribution in [0.4, 0.5) is 13.2 Å². The Hall–Kier alpha value is -2.38. The number of alkyl halides is 3. The number of benzene rings is 2. The van der Waals surface area contributed by atoms with Crippen LogP contribution >= 0.6 is 0 Å². The lowest BCUT2D eigenvalue weighted by Crippen LogP contribution is -2.45. The van der Waals surface area contributed by atoms with Gasteiger partial charge in [0.2, 0.25) is 5.91 Å². The van der Waals surface area contributed by atoms with E-state index in [4.69, 9.17) is 5.11 Å². The van der Waals surface area contributed by atoms with E-state index in [9.17, 15) is 18.0 Å². The summed E-state index contributed by atoms with van der Waals surface area (Å²) in [6, 6.07) is 11.5. The summed E-state index contributed by atoms with van der Waals surface area (Å²) in [7, 11) is 0. The van der Waals surface area contributed by atoms with Crippen molar-refractivity contribution in [1.29, 1.82) is 0 Å². The Balaban J connectivity index is 1.36. The first-order chi connectivity index (χ1) is 15.8. The quantitative estimate of drug-likeness (QED) is 0.713. The zero-order valence-corrected chi connectivity index (χ0v) is 18.5. The van der Waals surface area contributed by atoms with Gasteiger partial charge in [0.25, 0.3) is 0 Å². The molecule has 0 saturated carbocycles. The summed E-state index contributed by atoms with van der Waals surface area (Å²) in [6.45, 7) is 3.25. The fourth-order valence-corrected chi connectivity index (χ4v) is 5.85. The van der Waals surface area contributed by atoms with Gasteiger partial charge in [-0.05, 0) is 85.1 Å². The lowest BCUT2D eigenvalue weighted by Gasteiger charge is -2.38. The van der Waals surface area contributed by atoms with Crippen LogP contribution in [-0.2, 0) is 11.0 Å². The number of piperidine rings is 2. The molecular weight excluding hydrogens is 429 g/mol. The Morgan fingerprint density at radius 3 is 2.30 bits per heavy atom. The molecule has 2 saturated heterocycles. The molecule has 3 aliphatic rings. The normalized spacial score (nSPS) is 23.6. The molecule has 1 unspecified atom stereocenters. The number of hydrogen-bond acceptors (Lipinski definition) is 3. The zero-order chi connectivity index (χ0) is 23.2. The van der Waals surface area contributed by atoms with E-state index in [1.54, 1.807) is 0 Å². The second-order valence-electron chi connectivity index (χ2n) is 9.53. The third-order valence-electron chi connectivity index (χ3n) is 7.67. The molecule has 2 bridgehead atoms. The van der Waals surface area contributed by atoms with Gasteiger partial charge in [-0.2, -0.15) is 13.2 Å². The molecule has 0 aromatic heterocycles. The van der Waals surface area contributed by atoms with Gasteiger partial charge in [0.05, 0.1) is 18.2 Å². The van der Waals surface area contributed by atoms with Crippen LogP contribution in [0.15, 0.2) is 42.5 Å². The molecule has 1 N–H and O–H groups in total. The van der Waals surface area contributed by atoms with Crippen molar-refractivity contribution in [2.75, 3.05) is 32.8 Å². The monoisotopic (exact) mass is 458 g/mol. The summed E-state index contributed by atoms with van der Waals surface area (Å²) >= 11 is 0. The van der Waals surface area contributed by atoms with E-state index in [0.29, 0.717) is 12.5 Å². The minimum atomic E-state index is -4.34. The molecule has 4 nitrogen and oxygen atoms in total. The minimum absolute atomic E-state index is 0.0265. The maximum absolute atomic E-state index is 13.5. The Morgan fingerprint density at radius 2 is 1.64 bits per heavy atom. The first-order valence-corrected chi connectivity index (χ1v) is 11.8. The van der Waals surface area contributed by atoms with Crippen molar-refractivity contribution in [3.63, 3.8) is 0 Å². The molecule has 2 fully saturated rings.